The molecular formula is C12H21NO3S. The molecule has 0 saturated carbocycles. The quantitative estimate of drug-likeness (QED) is 0.828. The van der Waals surface area contributed by atoms with Crippen molar-refractivity contribution < 1.29 is 14.6 Å². The lowest BCUT2D eigenvalue weighted by Crippen LogP contribution is -2.42. The Bertz CT molecular complexity index is 274. The lowest BCUT2D eigenvalue weighted by molar-refractivity contribution is -0.149. The van der Waals surface area contributed by atoms with Gasteiger partial charge in [-0.3, -0.25) is 4.90 Å². The summed E-state index contributed by atoms with van der Waals surface area (Å²) >= 11 is 2.05. The summed E-state index contributed by atoms with van der Waals surface area (Å²) in [5, 5.41) is 9.61. The highest BCUT2D eigenvalue weighted by atomic mass is 32.2. The van der Waals surface area contributed by atoms with Gasteiger partial charge in [0, 0.05) is 30.6 Å². The van der Waals surface area contributed by atoms with Gasteiger partial charge in [-0.25, -0.2) is 4.79 Å². The van der Waals surface area contributed by atoms with E-state index in [0.29, 0.717) is 6.42 Å². The third-order valence-corrected chi connectivity index (χ3v) is 4.90. The van der Waals surface area contributed by atoms with Crippen LogP contribution in [-0.2, 0) is 9.53 Å². The summed E-state index contributed by atoms with van der Waals surface area (Å²) in [5.41, 5.74) is 0. The van der Waals surface area contributed by atoms with Crippen molar-refractivity contribution in [1.29, 1.82) is 0 Å². The maximum Gasteiger partial charge on any atom is 0.332 e. The van der Waals surface area contributed by atoms with Crippen molar-refractivity contribution >= 4 is 17.7 Å². The maximum absolute atomic E-state index is 10.8. The highest BCUT2D eigenvalue weighted by Gasteiger charge is 2.32. The normalized spacial score (nSPS) is 35.0. The fourth-order valence-electron chi connectivity index (χ4n) is 2.50. The van der Waals surface area contributed by atoms with E-state index in [0.717, 1.165) is 31.3 Å². The number of rotatable bonds is 4. The monoisotopic (exact) mass is 259 g/mol. The minimum absolute atomic E-state index is 0.122. The molecule has 17 heavy (non-hydrogen) atoms. The van der Waals surface area contributed by atoms with Crippen LogP contribution in [0.25, 0.3) is 0 Å². The highest BCUT2D eigenvalue weighted by molar-refractivity contribution is 8.00. The standard InChI is InChI=1S/C12H21NO3S/c1-2-10-8-13(5-6-17-10)7-9-3-4-11(16-9)12(14)15/h9-11H,2-8H2,1H3,(H,14,15). The molecule has 2 aliphatic rings. The Morgan fingerprint density at radius 2 is 2.35 bits per heavy atom. The maximum atomic E-state index is 10.8. The zero-order chi connectivity index (χ0) is 12.3. The second-order valence-corrected chi connectivity index (χ2v) is 6.23. The molecule has 5 heteroatoms. The minimum Gasteiger partial charge on any atom is -0.479 e. The van der Waals surface area contributed by atoms with Crippen LogP contribution in [0.3, 0.4) is 0 Å². The Kier molecular flexibility index (Phi) is 4.70. The van der Waals surface area contributed by atoms with Crippen LogP contribution in [0, 0.1) is 0 Å². The average molecular weight is 259 g/mol. The Balaban J connectivity index is 1.76. The second kappa shape index (κ2) is 6.07. The number of carboxylic acid groups (broad SMARTS) is 1. The molecule has 0 aromatic carbocycles. The molecule has 2 aliphatic heterocycles. The van der Waals surface area contributed by atoms with Gasteiger partial charge in [-0.2, -0.15) is 11.8 Å². The van der Waals surface area contributed by atoms with Crippen molar-refractivity contribution in [3.63, 3.8) is 0 Å². The molecule has 2 rings (SSSR count). The predicted octanol–water partition coefficient (Wildman–Crippen LogP) is 1.45. The number of hydrogen-bond donors (Lipinski definition) is 1. The number of carbonyl (C=O) groups is 1. The minimum atomic E-state index is -0.812. The van der Waals surface area contributed by atoms with Gasteiger partial charge in [0.1, 0.15) is 0 Å². The number of nitrogens with zero attached hydrogens (tertiary/aromatic N) is 1. The number of thioether (sulfide) groups is 1. The summed E-state index contributed by atoms with van der Waals surface area (Å²) in [4.78, 5) is 13.2. The number of hydrogen-bond acceptors (Lipinski definition) is 4. The van der Waals surface area contributed by atoms with Gasteiger partial charge in [0.25, 0.3) is 0 Å². The summed E-state index contributed by atoms with van der Waals surface area (Å²) < 4.78 is 5.55. The second-order valence-electron chi connectivity index (χ2n) is 4.82. The van der Waals surface area contributed by atoms with E-state index in [9.17, 15) is 4.79 Å². The Morgan fingerprint density at radius 3 is 3.00 bits per heavy atom. The average Bonchev–Trinajstić information content (AvgIpc) is 2.78. The molecule has 1 N–H and O–H groups in total. The third-order valence-electron chi connectivity index (χ3n) is 3.52. The molecule has 98 valence electrons. The first kappa shape index (κ1) is 13.2. The molecule has 0 aromatic rings. The zero-order valence-corrected chi connectivity index (χ0v) is 11.1. The van der Waals surface area contributed by atoms with E-state index in [-0.39, 0.29) is 6.10 Å². The van der Waals surface area contributed by atoms with Gasteiger partial charge in [0.15, 0.2) is 6.10 Å². The number of carboxylic acids is 1. The topological polar surface area (TPSA) is 49.8 Å². The first-order valence-electron chi connectivity index (χ1n) is 6.41. The molecule has 3 atom stereocenters. The Morgan fingerprint density at radius 1 is 1.53 bits per heavy atom. The van der Waals surface area contributed by atoms with Crippen molar-refractivity contribution in [1.82, 2.24) is 4.90 Å². The summed E-state index contributed by atoms with van der Waals surface area (Å²) in [7, 11) is 0. The van der Waals surface area contributed by atoms with Crippen LogP contribution in [0.1, 0.15) is 26.2 Å². The molecule has 3 unspecified atom stereocenters. The molecule has 4 nitrogen and oxygen atoms in total. The van der Waals surface area contributed by atoms with Crippen LogP contribution in [-0.4, -0.2) is 58.8 Å². The molecule has 0 aromatic heterocycles. The van der Waals surface area contributed by atoms with Gasteiger partial charge < -0.3 is 9.84 Å². The van der Waals surface area contributed by atoms with E-state index in [1.54, 1.807) is 0 Å². The predicted molar refractivity (Wildman–Crippen MR) is 68.5 cm³/mol. The van der Waals surface area contributed by atoms with Gasteiger partial charge >= 0.3 is 5.97 Å². The molecule has 0 aliphatic carbocycles. The van der Waals surface area contributed by atoms with Gasteiger partial charge in [-0.15, -0.1) is 0 Å². The van der Waals surface area contributed by atoms with Gasteiger partial charge in [-0.05, 0) is 19.3 Å². The molecule has 2 fully saturated rings. The summed E-state index contributed by atoms with van der Waals surface area (Å²) in [6, 6.07) is 0. The molecular weight excluding hydrogens is 238 g/mol. The SMILES string of the molecule is CCC1CN(CC2CCC(C(=O)O)O2)CCS1. The summed E-state index contributed by atoms with van der Waals surface area (Å²) in [5.74, 6) is 0.376. The Labute approximate surface area is 107 Å². The number of ether oxygens (including phenoxy) is 1. The highest BCUT2D eigenvalue weighted by Crippen LogP contribution is 2.25. The fraction of sp³-hybridized carbons (Fsp3) is 0.917. The van der Waals surface area contributed by atoms with E-state index < -0.39 is 12.1 Å². The van der Waals surface area contributed by atoms with Crippen LogP contribution in [0.5, 0.6) is 0 Å². The van der Waals surface area contributed by atoms with E-state index in [4.69, 9.17) is 9.84 Å². The lowest BCUT2D eigenvalue weighted by Gasteiger charge is -2.33. The van der Waals surface area contributed by atoms with Crippen molar-refractivity contribution in [3.05, 3.63) is 0 Å². The molecule has 0 bridgehead atoms. The van der Waals surface area contributed by atoms with Crippen LogP contribution in [0.2, 0.25) is 0 Å². The van der Waals surface area contributed by atoms with Gasteiger partial charge in [-0.1, -0.05) is 6.92 Å². The molecule has 2 heterocycles. The van der Waals surface area contributed by atoms with E-state index in [1.165, 1.54) is 12.2 Å². The van der Waals surface area contributed by atoms with Crippen molar-refractivity contribution in [2.24, 2.45) is 0 Å². The van der Waals surface area contributed by atoms with Crippen LogP contribution in [0.15, 0.2) is 0 Å². The number of aliphatic carboxylic acids is 1. The van der Waals surface area contributed by atoms with Crippen molar-refractivity contribution in [2.45, 2.75) is 43.6 Å². The van der Waals surface area contributed by atoms with Crippen molar-refractivity contribution in [2.75, 3.05) is 25.4 Å². The zero-order valence-electron chi connectivity index (χ0n) is 10.3. The third kappa shape index (κ3) is 3.60. The summed E-state index contributed by atoms with van der Waals surface area (Å²) in [6.45, 7) is 5.37. The molecule has 0 amide bonds. The van der Waals surface area contributed by atoms with Crippen LogP contribution in [0.4, 0.5) is 0 Å². The van der Waals surface area contributed by atoms with Crippen LogP contribution >= 0.6 is 11.8 Å². The smallest absolute Gasteiger partial charge is 0.332 e. The molecule has 2 saturated heterocycles. The van der Waals surface area contributed by atoms with Gasteiger partial charge in [0.2, 0.25) is 0 Å². The first-order valence-corrected chi connectivity index (χ1v) is 7.46. The van der Waals surface area contributed by atoms with E-state index in [1.807, 2.05) is 0 Å². The first-order chi connectivity index (χ1) is 8.19. The van der Waals surface area contributed by atoms with Crippen molar-refractivity contribution in [3.8, 4) is 0 Å². The Hall–Kier alpha value is -0.260. The lowest BCUT2D eigenvalue weighted by atomic mass is 10.2. The molecule has 0 radical (unpaired) electrons. The van der Waals surface area contributed by atoms with E-state index >= 15 is 0 Å². The van der Waals surface area contributed by atoms with Gasteiger partial charge in [0.05, 0.1) is 6.10 Å². The van der Waals surface area contributed by atoms with Crippen LogP contribution < -0.4 is 0 Å². The fourth-order valence-corrected chi connectivity index (χ4v) is 3.75. The molecule has 0 spiro atoms. The largest absolute Gasteiger partial charge is 0.479 e. The summed E-state index contributed by atoms with van der Waals surface area (Å²) in [6.07, 6.45) is 2.32. The van der Waals surface area contributed by atoms with E-state index in [2.05, 4.69) is 23.6 Å².